The van der Waals surface area contributed by atoms with Crippen LogP contribution in [0.2, 0.25) is 0 Å². The lowest BCUT2D eigenvalue weighted by Gasteiger charge is -2.25. The first-order valence-corrected chi connectivity index (χ1v) is 12.0. The predicted octanol–water partition coefficient (Wildman–Crippen LogP) is 4.39. The minimum absolute atomic E-state index is 0.101. The van der Waals surface area contributed by atoms with Crippen LogP contribution in [0.3, 0.4) is 0 Å². The summed E-state index contributed by atoms with van der Waals surface area (Å²) in [6.45, 7) is 6.21. The molecular weight excluding hydrogens is 452 g/mol. The zero-order chi connectivity index (χ0) is 25.0. The standard InChI is InChI=1S/C28H26N6O2/c1-16(2)27(35)32-21-9-7-18(8-10-21)23-14-34-25(26(29)30-15-31-34)24(23)19-3-5-20(6-4-19)28(36)33-13-17-11-22(33)12-17/h3-10,14-15,17,22H,1,11-13H2,2H3,(H,32,35)(H2,29,30,31). The topological polar surface area (TPSA) is 106 Å². The second-order valence-electron chi connectivity index (χ2n) is 9.69. The van der Waals surface area contributed by atoms with E-state index >= 15 is 0 Å². The lowest BCUT2D eigenvalue weighted by atomic mass is 9.86. The van der Waals surface area contributed by atoms with E-state index < -0.39 is 0 Å². The van der Waals surface area contributed by atoms with Crippen LogP contribution in [-0.4, -0.2) is 43.9 Å². The quantitative estimate of drug-likeness (QED) is 0.414. The van der Waals surface area contributed by atoms with Gasteiger partial charge in [-0.3, -0.25) is 9.59 Å². The van der Waals surface area contributed by atoms with E-state index in [1.807, 2.05) is 59.6 Å². The van der Waals surface area contributed by atoms with Gasteiger partial charge in [-0.25, -0.2) is 9.50 Å². The molecule has 0 atom stereocenters. The number of rotatable bonds is 5. The number of carbonyl (C=O) groups excluding carboxylic acids is 2. The Morgan fingerprint density at radius 3 is 2.39 bits per heavy atom. The van der Waals surface area contributed by atoms with E-state index in [1.165, 1.54) is 6.33 Å². The van der Waals surface area contributed by atoms with E-state index in [0.717, 1.165) is 41.6 Å². The second kappa shape index (κ2) is 8.34. The first-order valence-electron chi connectivity index (χ1n) is 12.0. The lowest BCUT2D eigenvalue weighted by molar-refractivity contribution is -0.112. The van der Waals surface area contributed by atoms with Crippen molar-refractivity contribution >= 4 is 28.8 Å². The molecular formula is C28H26N6O2. The van der Waals surface area contributed by atoms with Crippen LogP contribution < -0.4 is 11.1 Å². The van der Waals surface area contributed by atoms with Gasteiger partial charge >= 0.3 is 0 Å². The highest BCUT2D eigenvalue weighted by molar-refractivity contribution is 6.03. The van der Waals surface area contributed by atoms with E-state index in [0.29, 0.717) is 40.1 Å². The number of fused-ring (bicyclic) bond motifs is 2. The van der Waals surface area contributed by atoms with Crippen molar-refractivity contribution < 1.29 is 9.59 Å². The summed E-state index contributed by atoms with van der Waals surface area (Å²) in [7, 11) is 0. The number of nitrogens with zero attached hydrogens (tertiary/aromatic N) is 4. The summed E-state index contributed by atoms with van der Waals surface area (Å²) in [6.07, 6.45) is 5.62. The molecule has 0 unspecified atom stereocenters. The first kappa shape index (κ1) is 22.0. The molecule has 2 aliphatic heterocycles. The molecule has 1 aliphatic carbocycles. The molecule has 3 fully saturated rings. The van der Waals surface area contributed by atoms with Crippen LogP contribution in [0.15, 0.2) is 73.2 Å². The normalized spacial score (nSPS) is 18.2. The van der Waals surface area contributed by atoms with Gasteiger partial charge in [0.1, 0.15) is 11.8 Å². The summed E-state index contributed by atoms with van der Waals surface area (Å²) in [5.74, 6) is 0.927. The highest BCUT2D eigenvalue weighted by atomic mass is 16.2. The molecule has 7 rings (SSSR count). The fourth-order valence-corrected chi connectivity index (χ4v) is 5.24. The fraction of sp³-hybridized carbons (Fsp3) is 0.214. The smallest absolute Gasteiger partial charge is 0.254 e. The maximum atomic E-state index is 13.0. The lowest BCUT2D eigenvalue weighted by Crippen LogP contribution is -2.34. The largest absolute Gasteiger partial charge is 0.382 e. The Bertz CT molecular complexity index is 1510. The molecule has 8 nitrogen and oxygen atoms in total. The molecule has 4 aromatic rings. The first-order chi connectivity index (χ1) is 17.4. The van der Waals surface area contributed by atoms with Gasteiger partial charge < -0.3 is 16.0 Å². The summed E-state index contributed by atoms with van der Waals surface area (Å²) in [5, 5.41) is 7.19. The molecule has 36 heavy (non-hydrogen) atoms. The summed E-state index contributed by atoms with van der Waals surface area (Å²) in [4.78, 5) is 31.2. The highest BCUT2D eigenvalue weighted by Crippen LogP contribution is 2.42. The monoisotopic (exact) mass is 478 g/mol. The average Bonchev–Trinajstić information content (AvgIpc) is 3.57. The van der Waals surface area contributed by atoms with Crippen LogP contribution >= 0.6 is 0 Å². The van der Waals surface area contributed by atoms with Crippen LogP contribution in [0.1, 0.15) is 30.1 Å². The van der Waals surface area contributed by atoms with Crippen LogP contribution in [0.25, 0.3) is 27.8 Å². The van der Waals surface area contributed by atoms with E-state index in [4.69, 9.17) is 5.73 Å². The molecule has 1 saturated carbocycles. The predicted molar refractivity (Wildman–Crippen MR) is 139 cm³/mol. The molecule has 3 aliphatic rings. The number of nitrogens with one attached hydrogen (secondary N) is 1. The third kappa shape index (κ3) is 3.62. The molecule has 2 aromatic carbocycles. The number of hydrogen-bond acceptors (Lipinski definition) is 5. The number of anilines is 2. The Balaban J connectivity index is 1.38. The number of nitrogen functional groups attached to an aromatic ring is 1. The Hall–Kier alpha value is -4.46. The van der Waals surface area contributed by atoms with Crippen molar-refractivity contribution in [1.29, 1.82) is 0 Å². The van der Waals surface area contributed by atoms with Gasteiger partial charge in [0.05, 0.1) is 0 Å². The summed E-state index contributed by atoms with van der Waals surface area (Å²) in [5.41, 5.74) is 12.4. The molecule has 2 aromatic heterocycles. The Morgan fingerprint density at radius 1 is 1.06 bits per heavy atom. The van der Waals surface area contributed by atoms with Gasteiger partial charge in [0, 0.05) is 46.7 Å². The van der Waals surface area contributed by atoms with Gasteiger partial charge in [-0.1, -0.05) is 30.8 Å². The molecule has 2 amide bonds. The fourth-order valence-electron chi connectivity index (χ4n) is 5.24. The van der Waals surface area contributed by atoms with Gasteiger partial charge in [-0.2, -0.15) is 5.10 Å². The van der Waals surface area contributed by atoms with Crippen molar-refractivity contribution in [2.24, 2.45) is 5.92 Å². The Kier molecular flexibility index (Phi) is 5.10. The van der Waals surface area contributed by atoms with E-state index in [1.54, 1.807) is 11.4 Å². The molecule has 3 N–H and O–H groups in total. The van der Waals surface area contributed by atoms with Crippen molar-refractivity contribution in [3.05, 3.63) is 78.8 Å². The molecule has 180 valence electrons. The molecule has 0 radical (unpaired) electrons. The highest BCUT2D eigenvalue weighted by Gasteiger charge is 2.45. The van der Waals surface area contributed by atoms with Crippen LogP contribution in [0.5, 0.6) is 0 Å². The van der Waals surface area contributed by atoms with Gasteiger partial charge in [-0.05, 0) is 61.1 Å². The van der Waals surface area contributed by atoms with E-state index in [9.17, 15) is 9.59 Å². The molecule has 2 bridgehead atoms. The third-order valence-corrected chi connectivity index (χ3v) is 7.23. The molecule has 0 spiro atoms. The van der Waals surface area contributed by atoms with E-state index in [-0.39, 0.29) is 11.8 Å². The van der Waals surface area contributed by atoms with E-state index in [2.05, 4.69) is 22.0 Å². The summed E-state index contributed by atoms with van der Waals surface area (Å²) < 4.78 is 1.72. The summed E-state index contributed by atoms with van der Waals surface area (Å²) in [6, 6.07) is 15.7. The molecule has 8 heteroatoms. The Morgan fingerprint density at radius 2 is 1.75 bits per heavy atom. The minimum Gasteiger partial charge on any atom is -0.382 e. The van der Waals surface area contributed by atoms with Crippen molar-refractivity contribution in [3.63, 3.8) is 0 Å². The number of aromatic nitrogens is 3. The number of benzene rings is 2. The Labute approximate surface area is 208 Å². The van der Waals surface area contributed by atoms with Gasteiger partial charge in [-0.15, -0.1) is 0 Å². The number of amides is 2. The van der Waals surface area contributed by atoms with Crippen molar-refractivity contribution in [2.45, 2.75) is 25.8 Å². The molecule has 2 saturated heterocycles. The van der Waals surface area contributed by atoms with Gasteiger partial charge in [0.25, 0.3) is 11.8 Å². The van der Waals surface area contributed by atoms with Crippen LogP contribution in [0.4, 0.5) is 11.5 Å². The van der Waals surface area contributed by atoms with Crippen molar-refractivity contribution in [2.75, 3.05) is 17.6 Å². The van der Waals surface area contributed by atoms with Crippen LogP contribution in [0, 0.1) is 5.92 Å². The number of nitrogens with two attached hydrogens (primary N) is 1. The zero-order valence-electron chi connectivity index (χ0n) is 19.9. The van der Waals surface area contributed by atoms with Gasteiger partial charge in [0.15, 0.2) is 5.82 Å². The van der Waals surface area contributed by atoms with Crippen molar-refractivity contribution in [3.8, 4) is 22.3 Å². The number of carbonyl (C=O) groups is 2. The number of hydrogen-bond donors (Lipinski definition) is 2. The minimum atomic E-state index is -0.220. The molecule has 4 heterocycles. The maximum Gasteiger partial charge on any atom is 0.254 e. The van der Waals surface area contributed by atoms with Crippen LogP contribution in [-0.2, 0) is 4.79 Å². The van der Waals surface area contributed by atoms with Gasteiger partial charge in [0.2, 0.25) is 0 Å². The maximum absolute atomic E-state index is 13.0. The summed E-state index contributed by atoms with van der Waals surface area (Å²) >= 11 is 0. The average molecular weight is 479 g/mol. The second-order valence-corrected chi connectivity index (χ2v) is 9.69. The van der Waals surface area contributed by atoms with Crippen molar-refractivity contribution in [1.82, 2.24) is 19.5 Å². The third-order valence-electron chi connectivity index (χ3n) is 7.23. The zero-order valence-corrected chi connectivity index (χ0v) is 19.9. The SMILES string of the molecule is C=C(C)C(=O)Nc1ccc(-c2cn3ncnc(N)c3c2-c2ccc(C(=O)N3CC4CC3C4)cc2)cc1.